The van der Waals surface area contributed by atoms with Crippen LogP contribution in [0, 0.1) is 11.8 Å². The number of carbonyl (C=O) groups excluding carboxylic acids is 3. The Hall–Kier alpha value is -1.59. The van der Waals surface area contributed by atoms with Crippen molar-refractivity contribution in [2.24, 2.45) is 11.8 Å². The SMILES string of the molecule is CCCCCCCCCCCCCCCCCCCCCC(=O)OC[C@@H](COC(=O)CCCCCCCCCCCCCCCCC(C)CC)OC(=O)CCCCCCCCCCCCCCCCCCC(C)C. The van der Waals surface area contributed by atoms with Crippen molar-refractivity contribution in [2.75, 3.05) is 13.2 Å². The maximum absolute atomic E-state index is 12.9. The average molecular weight is 1050 g/mol. The molecular weight excluding hydrogens is 913 g/mol. The van der Waals surface area contributed by atoms with Crippen molar-refractivity contribution in [3.63, 3.8) is 0 Å². The standard InChI is InChI=1S/C68H132O6/c1-6-8-9-10-11-12-13-14-15-16-17-18-22-28-33-38-43-48-53-58-66(69)72-61-65(62-73-67(70)59-54-49-44-39-34-29-25-24-27-32-37-42-47-52-57-64(5)7-2)74-68(71)60-55-50-45-40-35-30-23-20-19-21-26-31-36-41-46-51-56-63(3)4/h63-65H,6-62H2,1-5H3/t64?,65-/m0/s1. The first-order chi connectivity index (χ1) is 36.3. The number of carbonyl (C=O) groups is 3. The highest BCUT2D eigenvalue weighted by Crippen LogP contribution is 2.20. The molecular formula is C68H132O6. The summed E-state index contributed by atoms with van der Waals surface area (Å²) in [6, 6.07) is 0. The van der Waals surface area contributed by atoms with E-state index in [1.807, 2.05) is 0 Å². The quantitative estimate of drug-likeness (QED) is 0.0343. The van der Waals surface area contributed by atoms with Gasteiger partial charge >= 0.3 is 17.9 Å². The Morgan fingerprint density at radius 1 is 0.284 bits per heavy atom. The lowest BCUT2D eigenvalue weighted by Crippen LogP contribution is -2.30. The van der Waals surface area contributed by atoms with E-state index in [9.17, 15) is 14.4 Å². The van der Waals surface area contributed by atoms with Gasteiger partial charge in [0.2, 0.25) is 0 Å². The molecule has 0 aromatic heterocycles. The molecule has 74 heavy (non-hydrogen) atoms. The van der Waals surface area contributed by atoms with E-state index in [-0.39, 0.29) is 31.1 Å². The summed E-state index contributed by atoms with van der Waals surface area (Å²) in [5.41, 5.74) is 0. The summed E-state index contributed by atoms with van der Waals surface area (Å²) >= 11 is 0. The molecule has 6 heteroatoms. The summed E-state index contributed by atoms with van der Waals surface area (Å²) in [7, 11) is 0. The highest BCUT2D eigenvalue weighted by molar-refractivity contribution is 5.71. The van der Waals surface area contributed by atoms with Crippen molar-refractivity contribution in [1.29, 1.82) is 0 Å². The first-order valence-electron chi connectivity index (χ1n) is 33.8. The second kappa shape index (κ2) is 60.6. The van der Waals surface area contributed by atoms with E-state index in [0.717, 1.165) is 69.6 Å². The van der Waals surface area contributed by atoms with Crippen LogP contribution in [0.4, 0.5) is 0 Å². The zero-order chi connectivity index (χ0) is 53.9. The first kappa shape index (κ1) is 72.4. The normalized spacial score (nSPS) is 12.4. The molecule has 0 bridgehead atoms. The summed E-state index contributed by atoms with van der Waals surface area (Å²) in [5, 5.41) is 0. The van der Waals surface area contributed by atoms with Crippen molar-refractivity contribution in [3.05, 3.63) is 0 Å². The molecule has 0 aliphatic heterocycles. The van der Waals surface area contributed by atoms with E-state index in [0.29, 0.717) is 19.3 Å². The van der Waals surface area contributed by atoms with Crippen molar-refractivity contribution < 1.29 is 28.6 Å². The van der Waals surface area contributed by atoms with E-state index >= 15 is 0 Å². The van der Waals surface area contributed by atoms with E-state index in [2.05, 4.69) is 34.6 Å². The molecule has 0 heterocycles. The van der Waals surface area contributed by atoms with Crippen LogP contribution >= 0.6 is 0 Å². The van der Waals surface area contributed by atoms with Crippen LogP contribution in [0.1, 0.15) is 388 Å². The summed E-state index contributed by atoms with van der Waals surface area (Å²) in [6.45, 7) is 11.5. The van der Waals surface area contributed by atoms with Crippen LogP contribution in [-0.4, -0.2) is 37.2 Å². The van der Waals surface area contributed by atoms with Crippen molar-refractivity contribution >= 4 is 17.9 Å². The van der Waals surface area contributed by atoms with E-state index in [1.54, 1.807) is 0 Å². The second-order valence-electron chi connectivity index (χ2n) is 24.2. The molecule has 0 saturated heterocycles. The molecule has 0 radical (unpaired) electrons. The van der Waals surface area contributed by atoms with Gasteiger partial charge in [-0.05, 0) is 31.1 Å². The Labute approximate surface area is 463 Å². The van der Waals surface area contributed by atoms with E-state index in [4.69, 9.17) is 14.2 Å². The van der Waals surface area contributed by atoms with Gasteiger partial charge in [0.05, 0.1) is 0 Å². The van der Waals surface area contributed by atoms with Gasteiger partial charge in [0.1, 0.15) is 13.2 Å². The van der Waals surface area contributed by atoms with Crippen LogP contribution in [0.3, 0.4) is 0 Å². The third-order valence-electron chi connectivity index (χ3n) is 16.1. The Kier molecular flexibility index (Phi) is 59.3. The third kappa shape index (κ3) is 59.7. The molecule has 1 unspecified atom stereocenters. The highest BCUT2D eigenvalue weighted by atomic mass is 16.6. The summed E-state index contributed by atoms with van der Waals surface area (Å²) in [4.78, 5) is 38.4. The Morgan fingerprint density at radius 3 is 0.770 bits per heavy atom. The first-order valence-corrected chi connectivity index (χ1v) is 33.8. The Bertz CT molecular complexity index is 1140. The number of unbranched alkanes of at least 4 members (excludes halogenated alkanes) is 46. The van der Waals surface area contributed by atoms with Gasteiger partial charge in [-0.15, -0.1) is 0 Å². The zero-order valence-electron chi connectivity index (χ0n) is 51.0. The highest BCUT2D eigenvalue weighted by Gasteiger charge is 2.20. The van der Waals surface area contributed by atoms with Crippen LogP contribution in [0.15, 0.2) is 0 Å². The van der Waals surface area contributed by atoms with Gasteiger partial charge in [-0.3, -0.25) is 14.4 Å². The molecule has 0 aromatic carbocycles. The lowest BCUT2D eigenvalue weighted by molar-refractivity contribution is -0.167. The monoisotopic (exact) mass is 1050 g/mol. The topological polar surface area (TPSA) is 78.9 Å². The number of esters is 3. The summed E-state index contributed by atoms with van der Waals surface area (Å²) < 4.78 is 17.0. The van der Waals surface area contributed by atoms with Crippen LogP contribution in [0.5, 0.6) is 0 Å². The van der Waals surface area contributed by atoms with Crippen LogP contribution in [0.2, 0.25) is 0 Å². The number of rotatable bonds is 62. The smallest absolute Gasteiger partial charge is 0.306 e. The zero-order valence-corrected chi connectivity index (χ0v) is 51.0. The molecule has 0 amide bonds. The predicted octanol–water partition coefficient (Wildman–Crippen LogP) is 22.8. The minimum Gasteiger partial charge on any atom is -0.462 e. The van der Waals surface area contributed by atoms with Gasteiger partial charge in [-0.25, -0.2) is 0 Å². The molecule has 0 rings (SSSR count). The number of ether oxygens (including phenoxy) is 3. The van der Waals surface area contributed by atoms with Gasteiger partial charge < -0.3 is 14.2 Å². The van der Waals surface area contributed by atoms with Crippen molar-refractivity contribution in [1.82, 2.24) is 0 Å². The van der Waals surface area contributed by atoms with Gasteiger partial charge in [0.25, 0.3) is 0 Å². The Balaban J connectivity index is 4.29. The lowest BCUT2D eigenvalue weighted by atomic mass is 9.99. The predicted molar refractivity (Wildman–Crippen MR) is 321 cm³/mol. The fourth-order valence-electron chi connectivity index (χ4n) is 10.6. The van der Waals surface area contributed by atoms with Crippen LogP contribution in [0.25, 0.3) is 0 Å². The minimum atomic E-state index is -0.764. The number of hydrogen-bond donors (Lipinski definition) is 0. The molecule has 0 saturated carbocycles. The second-order valence-corrected chi connectivity index (χ2v) is 24.2. The average Bonchev–Trinajstić information content (AvgIpc) is 3.39. The van der Waals surface area contributed by atoms with E-state index in [1.165, 1.54) is 276 Å². The molecule has 440 valence electrons. The fraction of sp³-hybridized carbons (Fsp3) is 0.956. The van der Waals surface area contributed by atoms with Gasteiger partial charge in [0.15, 0.2) is 6.10 Å². The van der Waals surface area contributed by atoms with Crippen LogP contribution < -0.4 is 0 Å². The molecule has 6 nitrogen and oxygen atoms in total. The minimum absolute atomic E-state index is 0.0614. The Morgan fingerprint density at radius 2 is 0.514 bits per heavy atom. The van der Waals surface area contributed by atoms with E-state index < -0.39 is 6.10 Å². The molecule has 0 fully saturated rings. The maximum Gasteiger partial charge on any atom is 0.306 e. The number of hydrogen-bond acceptors (Lipinski definition) is 6. The lowest BCUT2D eigenvalue weighted by Gasteiger charge is -2.18. The third-order valence-corrected chi connectivity index (χ3v) is 16.1. The largest absolute Gasteiger partial charge is 0.462 e. The molecule has 2 atom stereocenters. The summed E-state index contributed by atoms with van der Waals surface area (Å²) in [6.07, 6.45) is 68.2. The molecule has 0 N–H and O–H groups in total. The molecule has 0 spiro atoms. The van der Waals surface area contributed by atoms with Crippen LogP contribution in [-0.2, 0) is 28.6 Å². The molecule has 0 aliphatic rings. The van der Waals surface area contributed by atoms with Crippen molar-refractivity contribution in [3.8, 4) is 0 Å². The summed E-state index contributed by atoms with van der Waals surface area (Å²) in [5.74, 6) is 0.920. The molecule has 0 aromatic rings. The molecule has 0 aliphatic carbocycles. The maximum atomic E-state index is 12.9. The van der Waals surface area contributed by atoms with Gasteiger partial charge in [-0.1, -0.05) is 349 Å². The van der Waals surface area contributed by atoms with Gasteiger partial charge in [0, 0.05) is 19.3 Å². The van der Waals surface area contributed by atoms with Gasteiger partial charge in [-0.2, -0.15) is 0 Å². The fourth-order valence-corrected chi connectivity index (χ4v) is 10.6. The van der Waals surface area contributed by atoms with Crippen molar-refractivity contribution in [2.45, 2.75) is 394 Å².